The van der Waals surface area contributed by atoms with Crippen LogP contribution in [0.3, 0.4) is 0 Å². The van der Waals surface area contributed by atoms with Gasteiger partial charge in [0.1, 0.15) is 0 Å². The normalized spacial score (nSPS) is 16.4. The molecule has 0 spiro atoms. The third-order valence-corrected chi connectivity index (χ3v) is 4.67. The Bertz CT molecular complexity index is 771. The van der Waals surface area contributed by atoms with Gasteiger partial charge in [0.2, 0.25) is 0 Å². The van der Waals surface area contributed by atoms with Crippen LogP contribution in [0.4, 0.5) is 0 Å². The Morgan fingerprint density at radius 2 is 1.45 bits per heavy atom. The van der Waals surface area contributed by atoms with Crippen LogP contribution in [-0.4, -0.2) is 4.57 Å². The van der Waals surface area contributed by atoms with Gasteiger partial charge < -0.3 is 4.57 Å². The third kappa shape index (κ3) is 1.85. The molecule has 0 N–H and O–H groups in total. The molecule has 2 aromatic carbocycles. The number of nitrogens with zero attached hydrogens (tertiary/aromatic N) is 1. The zero-order chi connectivity index (χ0) is 15.3. The third-order valence-electron chi connectivity index (χ3n) is 4.67. The Hall–Kier alpha value is -2.28. The summed E-state index contributed by atoms with van der Waals surface area (Å²) in [4.78, 5) is 0. The molecule has 0 fully saturated rings. The predicted molar refractivity (Wildman–Crippen MR) is 92.5 cm³/mol. The number of hydrogen-bond donors (Lipinski definition) is 0. The lowest BCUT2D eigenvalue weighted by Crippen LogP contribution is -2.20. The SMILES string of the molecule is CC(C)(C)C1c2ccccc2-c2cccn2-c2ccccc21. The molecular weight excluding hydrogens is 266 g/mol. The van der Waals surface area contributed by atoms with E-state index in [4.69, 9.17) is 0 Å². The lowest BCUT2D eigenvalue weighted by molar-refractivity contribution is 0.359. The topological polar surface area (TPSA) is 4.93 Å². The van der Waals surface area contributed by atoms with E-state index in [0.717, 1.165) is 0 Å². The smallest absolute Gasteiger partial charge is 0.0531 e. The van der Waals surface area contributed by atoms with Gasteiger partial charge in [0.15, 0.2) is 0 Å². The van der Waals surface area contributed by atoms with Crippen LogP contribution >= 0.6 is 0 Å². The highest BCUT2D eigenvalue weighted by Gasteiger charge is 2.34. The number of fused-ring (bicyclic) bond motifs is 5. The van der Waals surface area contributed by atoms with Gasteiger partial charge in [-0.15, -0.1) is 0 Å². The van der Waals surface area contributed by atoms with Gasteiger partial charge in [-0.05, 0) is 34.7 Å². The summed E-state index contributed by atoms with van der Waals surface area (Å²) in [6.45, 7) is 7.02. The molecule has 1 aromatic heterocycles. The van der Waals surface area contributed by atoms with Crippen molar-refractivity contribution in [3.63, 3.8) is 0 Å². The molecule has 22 heavy (non-hydrogen) atoms. The van der Waals surface area contributed by atoms with E-state index in [2.05, 4.69) is 92.2 Å². The molecule has 0 saturated heterocycles. The molecule has 1 aliphatic heterocycles. The number of benzene rings is 2. The Balaban J connectivity index is 2.15. The summed E-state index contributed by atoms with van der Waals surface area (Å²) in [5.41, 5.74) is 6.95. The van der Waals surface area contributed by atoms with E-state index in [1.165, 1.54) is 28.1 Å². The largest absolute Gasteiger partial charge is 0.316 e. The number of hydrogen-bond acceptors (Lipinski definition) is 0. The molecule has 0 aliphatic carbocycles. The molecule has 3 aromatic rings. The maximum atomic E-state index is 2.34. The Labute approximate surface area is 132 Å². The average Bonchev–Trinajstić information content (AvgIpc) is 2.92. The fourth-order valence-electron chi connectivity index (χ4n) is 3.84. The number of aromatic nitrogens is 1. The molecule has 1 nitrogen and oxygen atoms in total. The molecule has 1 heteroatoms. The first-order valence-corrected chi connectivity index (χ1v) is 7.93. The monoisotopic (exact) mass is 287 g/mol. The first-order chi connectivity index (χ1) is 10.6. The molecular formula is C21H21N. The van der Waals surface area contributed by atoms with Crippen LogP contribution in [0.2, 0.25) is 0 Å². The quantitative estimate of drug-likeness (QED) is 0.504. The second-order valence-corrected chi connectivity index (χ2v) is 7.21. The fraction of sp³-hybridized carbons (Fsp3) is 0.238. The summed E-state index contributed by atoms with van der Waals surface area (Å²) < 4.78 is 2.33. The van der Waals surface area contributed by atoms with E-state index in [9.17, 15) is 0 Å². The molecule has 1 aliphatic rings. The van der Waals surface area contributed by atoms with Crippen LogP contribution in [0.25, 0.3) is 16.9 Å². The number of para-hydroxylation sites is 1. The number of rotatable bonds is 0. The predicted octanol–water partition coefficient (Wildman–Crippen LogP) is 5.64. The first-order valence-electron chi connectivity index (χ1n) is 7.93. The van der Waals surface area contributed by atoms with Gasteiger partial charge in [-0.25, -0.2) is 0 Å². The molecule has 0 saturated carbocycles. The molecule has 0 bridgehead atoms. The van der Waals surface area contributed by atoms with Crippen LogP contribution < -0.4 is 0 Å². The highest BCUT2D eigenvalue weighted by Crippen LogP contribution is 2.48. The lowest BCUT2D eigenvalue weighted by atomic mass is 9.71. The van der Waals surface area contributed by atoms with E-state index in [0.29, 0.717) is 5.92 Å². The summed E-state index contributed by atoms with van der Waals surface area (Å²) in [7, 11) is 0. The zero-order valence-electron chi connectivity index (χ0n) is 13.4. The van der Waals surface area contributed by atoms with E-state index < -0.39 is 0 Å². The molecule has 0 amide bonds. The minimum Gasteiger partial charge on any atom is -0.316 e. The molecule has 1 atom stereocenters. The van der Waals surface area contributed by atoms with Crippen molar-refractivity contribution in [2.24, 2.45) is 5.41 Å². The van der Waals surface area contributed by atoms with Crippen molar-refractivity contribution in [2.75, 3.05) is 0 Å². The second kappa shape index (κ2) is 4.61. The van der Waals surface area contributed by atoms with E-state index >= 15 is 0 Å². The standard InChI is InChI=1S/C21H21N/c1-21(2,3)20-16-10-5-4-9-15(16)18-13-8-14-22(18)19-12-7-6-11-17(19)20/h4-14,20H,1-3H3. The first kappa shape index (κ1) is 13.4. The van der Waals surface area contributed by atoms with Crippen LogP contribution in [0.15, 0.2) is 66.9 Å². The van der Waals surface area contributed by atoms with Crippen LogP contribution in [-0.2, 0) is 0 Å². The summed E-state index contributed by atoms with van der Waals surface area (Å²) in [6.07, 6.45) is 2.18. The van der Waals surface area contributed by atoms with E-state index in [-0.39, 0.29) is 5.41 Å². The van der Waals surface area contributed by atoms with Gasteiger partial charge in [-0.3, -0.25) is 0 Å². The van der Waals surface area contributed by atoms with Crippen LogP contribution in [0.1, 0.15) is 37.8 Å². The van der Waals surface area contributed by atoms with E-state index in [1.807, 2.05) is 0 Å². The Morgan fingerprint density at radius 1 is 0.773 bits per heavy atom. The second-order valence-electron chi connectivity index (χ2n) is 7.21. The Kier molecular flexibility index (Phi) is 2.80. The van der Waals surface area contributed by atoms with Gasteiger partial charge in [0, 0.05) is 23.4 Å². The van der Waals surface area contributed by atoms with Gasteiger partial charge >= 0.3 is 0 Å². The highest BCUT2D eigenvalue weighted by atomic mass is 15.0. The summed E-state index contributed by atoms with van der Waals surface area (Å²) in [5, 5.41) is 0. The molecule has 1 unspecified atom stereocenters. The maximum absolute atomic E-state index is 2.34. The van der Waals surface area contributed by atoms with E-state index in [1.54, 1.807) is 0 Å². The van der Waals surface area contributed by atoms with Crippen molar-refractivity contribution in [1.82, 2.24) is 4.57 Å². The summed E-state index contributed by atoms with van der Waals surface area (Å²) in [5.74, 6) is 0.389. The minimum absolute atomic E-state index is 0.163. The van der Waals surface area contributed by atoms with Crippen molar-refractivity contribution in [3.05, 3.63) is 78.0 Å². The summed E-state index contributed by atoms with van der Waals surface area (Å²) in [6, 6.07) is 22.1. The highest BCUT2D eigenvalue weighted by molar-refractivity contribution is 5.72. The average molecular weight is 287 g/mol. The van der Waals surface area contributed by atoms with Gasteiger partial charge in [-0.2, -0.15) is 0 Å². The van der Waals surface area contributed by atoms with Crippen molar-refractivity contribution < 1.29 is 0 Å². The van der Waals surface area contributed by atoms with Gasteiger partial charge in [0.05, 0.1) is 5.69 Å². The summed E-state index contributed by atoms with van der Waals surface area (Å²) >= 11 is 0. The van der Waals surface area contributed by atoms with Gasteiger partial charge in [0.25, 0.3) is 0 Å². The van der Waals surface area contributed by atoms with Crippen molar-refractivity contribution in [3.8, 4) is 16.9 Å². The van der Waals surface area contributed by atoms with Crippen molar-refractivity contribution in [1.29, 1.82) is 0 Å². The van der Waals surface area contributed by atoms with Gasteiger partial charge in [-0.1, -0.05) is 63.2 Å². The van der Waals surface area contributed by atoms with Crippen molar-refractivity contribution >= 4 is 0 Å². The fourth-order valence-corrected chi connectivity index (χ4v) is 3.84. The van der Waals surface area contributed by atoms with Crippen LogP contribution in [0, 0.1) is 5.41 Å². The Morgan fingerprint density at radius 3 is 2.23 bits per heavy atom. The van der Waals surface area contributed by atoms with Crippen molar-refractivity contribution in [2.45, 2.75) is 26.7 Å². The maximum Gasteiger partial charge on any atom is 0.0531 e. The molecule has 110 valence electrons. The molecule has 4 rings (SSSR count). The van der Waals surface area contributed by atoms with Crippen LogP contribution in [0.5, 0.6) is 0 Å². The zero-order valence-corrected chi connectivity index (χ0v) is 13.4. The molecule has 0 radical (unpaired) electrons. The lowest BCUT2D eigenvalue weighted by Gasteiger charge is -2.32. The molecule has 2 heterocycles. The minimum atomic E-state index is 0.163.